The summed E-state index contributed by atoms with van der Waals surface area (Å²) in [6.07, 6.45) is 8.11. The number of nitrogens with one attached hydrogen (secondary N) is 2. The lowest BCUT2D eigenvalue weighted by atomic mass is 9.90. The third kappa shape index (κ3) is 3.78. The molecule has 2 aliphatic rings. The van der Waals surface area contributed by atoms with Crippen LogP contribution in [-0.2, 0) is 0 Å². The summed E-state index contributed by atoms with van der Waals surface area (Å²) in [6, 6.07) is 2.06. The first-order chi connectivity index (χ1) is 15.0. The number of urea groups is 1. The van der Waals surface area contributed by atoms with Crippen molar-refractivity contribution in [3.63, 3.8) is 0 Å². The number of pyridine rings is 1. The zero-order valence-electron chi connectivity index (χ0n) is 17.1. The molecule has 3 aromatic rings. The monoisotopic (exact) mass is 443 g/mol. The van der Waals surface area contributed by atoms with Crippen LogP contribution in [0.4, 0.5) is 15.0 Å². The second-order valence-corrected chi connectivity index (χ2v) is 8.64. The van der Waals surface area contributed by atoms with Crippen LogP contribution >= 0.6 is 11.6 Å². The van der Waals surface area contributed by atoms with E-state index in [2.05, 4.69) is 25.3 Å². The molecule has 1 saturated carbocycles. The van der Waals surface area contributed by atoms with Gasteiger partial charge in [-0.2, -0.15) is 0 Å². The average molecular weight is 444 g/mol. The number of rotatable bonds is 4. The molecule has 4 heterocycles. The summed E-state index contributed by atoms with van der Waals surface area (Å²) in [5.41, 5.74) is 1.37. The first kappa shape index (κ1) is 20.0. The van der Waals surface area contributed by atoms with Crippen molar-refractivity contribution in [1.82, 2.24) is 29.7 Å². The zero-order chi connectivity index (χ0) is 21.5. The molecule has 2 atom stereocenters. The molecule has 0 unspecified atom stereocenters. The van der Waals surface area contributed by atoms with Crippen molar-refractivity contribution in [1.29, 1.82) is 0 Å². The fraction of sp³-hybridized carbons (Fsp3) is 0.429. The molecule has 162 valence electrons. The van der Waals surface area contributed by atoms with E-state index in [1.165, 1.54) is 6.20 Å². The number of aromatic amines is 1. The largest absolute Gasteiger partial charge is 0.365 e. The lowest BCUT2D eigenvalue weighted by molar-refractivity contribution is 0.164. The standard InChI is InChI=1S/C21H23ClFN7O/c1-29-5-6-30(21(29)31)14-4-2-3-13(8-14)27-20-17(23)11-26-19(28-20)16-10-25-18-15(16)7-12(22)9-24-18/h7,9-11,13-14H,2-6,8H2,1H3,(H,24,25)(H,26,27,28)/t13-,14+/m0/s1. The Morgan fingerprint density at radius 1 is 1.26 bits per heavy atom. The molecule has 0 bridgehead atoms. The van der Waals surface area contributed by atoms with Crippen molar-refractivity contribution < 1.29 is 9.18 Å². The molecule has 1 aliphatic heterocycles. The molecule has 2 N–H and O–H groups in total. The Labute approximate surface area is 183 Å². The Kier molecular flexibility index (Phi) is 5.13. The molecular formula is C21H23ClFN7O. The minimum atomic E-state index is -0.501. The lowest BCUT2D eigenvalue weighted by Gasteiger charge is -2.35. The molecule has 3 aromatic heterocycles. The quantitative estimate of drug-likeness (QED) is 0.638. The molecule has 0 aromatic carbocycles. The van der Waals surface area contributed by atoms with Gasteiger partial charge in [-0.05, 0) is 31.7 Å². The van der Waals surface area contributed by atoms with Crippen LogP contribution in [-0.4, -0.2) is 68.0 Å². The zero-order valence-corrected chi connectivity index (χ0v) is 17.9. The first-order valence-corrected chi connectivity index (χ1v) is 10.8. The van der Waals surface area contributed by atoms with E-state index < -0.39 is 5.82 Å². The number of likely N-dealkylation sites (N-methyl/N-ethyl adjacent to an activating group) is 1. The highest BCUT2D eigenvalue weighted by molar-refractivity contribution is 6.31. The van der Waals surface area contributed by atoms with Gasteiger partial charge in [-0.25, -0.2) is 24.1 Å². The fourth-order valence-corrected chi connectivity index (χ4v) is 4.70. The van der Waals surface area contributed by atoms with E-state index in [9.17, 15) is 9.18 Å². The molecule has 5 rings (SSSR count). The Morgan fingerprint density at radius 2 is 2.13 bits per heavy atom. The number of aromatic nitrogens is 4. The van der Waals surface area contributed by atoms with Crippen molar-refractivity contribution in [2.75, 3.05) is 25.5 Å². The Morgan fingerprint density at radius 3 is 2.94 bits per heavy atom. The predicted molar refractivity (Wildman–Crippen MR) is 116 cm³/mol. The number of hydrogen-bond donors (Lipinski definition) is 2. The minimum absolute atomic E-state index is 0.0359. The minimum Gasteiger partial charge on any atom is -0.365 e. The first-order valence-electron chi connectivity index (χ1n) is 10.4. The van der Waals surface area contributed by atoms with Gasteiger partial charge >= 0.3 is 6.03 Å². The van der Waals surface area contributed by atoms with Gasteiger partial charge in [-0.1, -0.05) is 11.6 Å². The van der Waals surface area contributed by atoms with Crippen LogP contribution in [0.5, 0.6) is 0 Å². The molecule has 0 radical (unpaired) electrons. The summed E-state index contributed by atoms with van der Waals surface area (Å²) in [4.78, 5) is 32.0. The Balaban J connectivity index is 1.37. The average Bonchev–Trinajstić information content (AvgIpc) is 3.33. The van der Waals surface area contributed by atoms with Gasteiger partial charge in [0, 0.05) is 55.6 Å². The van der Waals surface area contributed by atoms with Crippen molar-refractivity contribution in [3.8, 4) is 11.4 Å². The molecular weight excluding hydrogens is 421 g/mol. The number of H-pyrrole nitrogens is 1. The number of carbonyl (C=O) groups excluding carboxylic acids is 1. The Bertz CT molecular complexity index is 1140. The number of amides is 2. The van der Waals surface area contributed by atoms with Crippen molar-refractivity contribution in [2.45, 2.75) is 37.8 Å². The van der Waals surface area contributed by atoms with Gasteiger partial charge < -0.3 is 20.1 Å². The van der Waals surface area contributed by atoms with Crippen LogP contribution < -0.4 is 5.32 Å². The van der Waals surface area contributed by atoms with Gasteiger partial charge in [-0.15, -0.1) is 0 Å². The number of carbonyl (C=O) groups is 1. The molecule has 0 spiro atoms. The molecule has 2 fully saturated rings. The van der Waals surface area contributed by atoms with Gasteiger partial charge in [0.25, 0.3) is 0 Å². The molecule has 10 heteroatoms. The third-order valence-electron chi connectivity index (χ3n) is 6.16. The summed E-state index contributed by atoms with van der Waals surface area (Å²) in [7, 11) is 1.83. The number of nitrogens with zero attached hydrogens (tertiary/aromatic N) is 5. The van der Waals surface area contributed by atoms with Crippen LogP contribution in [0.1, 0.15) is 25.7 Å². The van der Waals surface area contributed by atoms with E-state index in [1.54, 1.807) is 23.4 Å². The summed E-state index contributed by atoms with van der Waals surface area (Å²) in [5, 5.41) is 4.54. The molecule has 31 heavy (non-hydrogen) atoms. The summed E-state index contributed by atoms with van der Waals surface area (Å²) in [6.45, 7) is 1.50. The Hall–Kier alpha value is -2.94. The number of hydrogen-bond acceptors (Lipinski definition) is 5. The highest BCUT2D eigenvalue weighted by Gasteiger charge is 2.35. The number of halogens is 2. The normalized spacial score (nSPS) is 21.8. The van der Waals surface area contributed by atoms with E-state index in [4.69, 9.17) is 11.6 Å². The molecule has 8 nitrogen and oxygen atoms in total. The number of fused-ring (bicyclic) bond motifs is 1. The third-order valence-corrected chi connectivity index (χ3v) is 6.37. The van der Waals surface area contributed by atoms with E-state index in [0.29, 0.717) is 22.1 Å². The van der Waals surface area contributed by atoms with Crippen LogP contribution in [0.15, 0.2) is 24.7 Å². The van der Waals surface area contributed by atoms with E-state index >= 15 is 0 Å². The smallest absolute Gasteiger partial charge is 0.320 e. The van der Waals surface area contributed by atoms with Crippen molar-refractivity contribution in [3.05, 3.63) is 35.5 Å². The fourth-order valence-electron chi connectivity index (χ4n) is 4.54. The van der Waals surface area contributed by atoms with E-state index in [0.717, 1.165) is 44.2 Å². The van der Waals surface area contributed by atoms with Gasteiger partial charge in [-0.3, -0.25) is 0 Å². The molecule has 2 amide bonds. The van der Waals surface area contributed by atoms with Crippen LogP contribution in [0.2, 0.25) is 5.02 Å². The van der Waals surface area contributed by atoms with E-state index in [1.807, 2.05) is 11.9 Å². The molecule has 1 saturated heterocycles. The topological polar surface area (TPSA) is 90.0 Å². The van der Waals surface area contributed by atoms with Crippen LogP contribution in [0.25, 0.3) is 22.4 Å². The highest BCUT2D eigenvalue weighted by atomic mass is 35.5. The van der Waals surface area contributed by atoms with Crippen molar-refractivity contribution >= 4 is 34.5 Å². The van der Waals surface area contributed by atoms with Crippen LogP contribution in [0.3, 0.4) is 0 Å². The van der Waals surface area contributed by atoms with Crippen LogP contribution in [0, 0.1) is 5.82 Å². The maximum atomic E-state index is 14.6. The predicted octanol–water partition coefficient (Wildman–Crippen LogP) is 3.90. The maximum absolute atomic E-state index is 14.6. The maximum Gasteiger partial charge on any atom is 0.320 e. The number of anilines is 1. The summed E-state index contributed by atoms with van der Waals surface area (Å²) >= 11 is 6.09. The summed E-state index contributed by atoms with van der Waals surface area (Å²) < 4.78 is 14.6. The second-order valence-electron chi connectivity index (χ2n) is 8.20. The second kappa shape index (κ2) is 7.96. The molecule has 1 aliphatic carbocycles. The van der Waals surface area contributed by atoms with Gasteiger partial charge in [0.2, 0.25) is 0 Å². The van der Waals surface area contributed by atoms with E-state index in [-0.39, 0.29) is 23.9 Å². The van der Waals surface area contributed by atoms with Crippen molar-refractivity contribution in [2.24, 2.45) is 0 Å². The van der Waals surface area contributed by atoms with Gasteiger partial charge in [0.1, 0.15) is 5.65 Å². The SMILES string of the molecule is CN1CCN([C@@H]2CCC[C@H](Nc3nc(-c4c[nH]c5ncc(Cl)cc45)ncc3F)C2)C1=O. The lowest BCUT2D eigenvalue weighted by Crippen LogP contribution is -2.44. The van der Waals surface area contributed by atoms with Gasteiger partial charge in [0.05, 0.1) is 11.2 Å². The van der Waals surface area contributed by atoms with Gasteiger partial charge in [0.15, 0.2) is 17.5 Å². The highest BCUT2D eigenvalue weighted by Crippen LogP contribution is 2.30. The summed E-state index contributed by atoms with van der Waals surface area (Å²) in [5.74, 6) is 0.0617.